The maximum absolute atomic E-state index is 11.9. The van der Waals surface area contributed by atoms with Gasteiger partial charge in [0.2, 0.25) is 0 Å². The van der Waals surface area contributed by atoms with Crippen molar-refractivity contribution in [3.63, 3.8) is 0 Å². The number of esters is 1. The zero-order valence-corrected chi connectivity index (χ0v) is 12.1. The monoisotopic (exact) mass is 277 g/mol. The molecule has 110 valence electrons. The lowest BCUT2D eigenvalue weighted by molar-refractivity contribution is 0.0520. The van der Waals surface area contributed by atoms with E-state index in [1.807, 2.05) is 0 Å². The van der Waals surface area contributed by atoms with E-state index in [2.05, 4.69) is 0 Å². The third kappa shape index (κ3) is 3.89. The fraction of sp³-hybridized carbons (Fsp3) is 0.562. The fourth-order valence-corrected chi connectivity index (χ4v) is 2.60. The van der Waals surface area contributed by atoms with Gasteiger partial charge >= 0.3 is 5.97 Å². The van der Waals surface area contributed by atoms with Crippen molar-refractivity contribution in [1.29, 1.82) is 0 Å². The first-order chi connectivity index (χ1) is 9.70. The molecule has 0 atom stereocenters. The molecule has 0 radical (unpaired) electrons. The molecule has 1 saturated carbocycles. The first-order valence-electron chi connectivity index (χ1n) is 7.40. The van der Waals surface area contributed by atoms with Gasteiger partial charge in [0.25, 0.3) is 0 Å². The number of nitrogens with two attached hydrogens (primary N) is 1. The molecule has 0 unspecified atom stereocenters. The molecule has 0 spiro atoms. The van der Waals surface area contributed by atoms with Crippen LogP contribution in [0.1, 0.15) is 49.4 Å². The number of hydrogen-bond donors (Lipinski definition) is 1. The molecule has 0 aromatic heterocycles. The summed E-state index contributed by atoms with van der Waals surface area (Å²) in [6.07, 6.45) is 6.28. The van der Waals surface area contributed by atoms with Gasteiger partial charge < -0.3 is 15.2 Å². The summed E-state index contributed by atoms with van der Waals surface area (Å²) in [6, 6.07) is 5.07. The van der Waals surface area contributed by atoms with Crippen LogP contribution < -0.4 is 10.5 Å². The summed E-state index contributed by atoms with van der Waals surface area (Å²) in [5, 5.41) is 0. The van der Waals surface area contributed by atoms with Crippen LogP contribution in [-0.4, -0.2) is 19.2 Å². The fourth-order valence-electron chi connectivity index (χ4n) is 2.60. The lowest BCUT2D eigenvalue weighted by Crippen LogP contribution is -2.17. The van der Waals surface area contributed by atoms with Crippen LogP contribution in [0.25, 0.3) is 0 Å². The molecule has 2 N–H and O–H groups in total. The van der Waals surface area contributed by atoms with Gasteiger partial charge in [-0.05, 0) is 37.8 Å². The maximum atomic E-state index is 11.9. The molecule has 0 aliphatic heterocycles. The van der Waals surface area contributed by atoms with Crippen LogP contribution in [0.15, 0.2) is 18.2 Å². The second-order valence-corrected chi connectivity index (χ2v) is 5.29. The molecular weight excluding hydrogens is 254 g/mol. The Kier molecular flexibility index (Phi) is 5.27. The van der Waals surface area contributed by atoms with E-state index in [1.54, 1.807) is 25.1 Å². The number of rotatable bonds is 5. The van der Waals surface area contributed by atoms with E-state index in [1.165, 1.54) is 32.1 Å². The normalized spacial score (nSPS) is 15.8. The van der Waals surface area contributed by atoms with Crippen molar-refractivity contribution in [1.82, 2.24) is 0 Å². The first kappa shape index (κ1) is 14.7. The molecular formula is C16H23NO3. The van der Waals surface area contributed by atoms with E-state index in [9.17, 15) is 4.79 Å². The molecule has 1 fully saturated rings. The number of anilines is 1. The average Bonchev–Trinajstić information content (AvgIpc) is 2.46. The minimum atomic E-state index is -0.355. The van der Waals surface area contributed by atoms with Crippen LogP contribution in [0.3, 0.4) is 0 Å². The molecule has 2 rings (SSSR count). The molecule has 0 bridgehead atoms. The highest BCUT2D eigenvalue weighted by Gasteiger charge is 2.17. The van der Waals surface area contributed by atoms with E-state index in [0.29, 0.717) is 36.1 Å². The Balaban J connectivity index is 2.04. The van der Waals surface area contributed by atoms with Crippen molar-refractivity contribution in [3.8, 4) is 5.75 Å². The molecule has 0 heterocycles. The van der Waals surface area contributed by atoms with E-state index < -0.39 is 0 Å². The van der Waals surface area contributed by atoms with E-state index in [0.717, 1.165) is 0 Å². The van der Waals surface area contributed by atoms with Gasteiger partial charge in [-0.25, -0.2) is 4.79 Å². The van der Waals surface area contributed by atoms with E-state index >= 15 is 0 Å². The van der Waals surface area contributed by atoms with Crippen LogP contribution in [0, 0.1) is 5.92 Å². The summed E-state index contributed by atoms with van der Waals surface area (Å²) in [4.78, 5) is 11.9. The van der Waals surface area contributed by atoms with Crippen molar-refractivity contribution in [2.75, 3.05) is 18.9 Å². The van der Waals surface area contributed by atoms with Gasteiger partial charge in [0.15, 0.2) is 0 Å². The zero-order chi connectivity index (χ0) is 14.4. The number of carbonyl (C=O) groups excluding carboxylic acids is 1. The smallest absolute Gasteiger partial charge is 0.341 e. The molecule has 4 heteroatoms. The Morgan fingerprint density at radius 1 is 1.30 bits per heavy atom. The minimum Gasteiger partial charge on any atom is -0.492 e. The van der Waals surface area contributed by atoms with Crippen molar-refractivity contribution in [2.24, 2.45) is 5.92 Å². The van der Waals surface area contributed by atoms with Crippen molar-refractivity contribution in [3.05, 3.63) is 23.8 Å². The zero-order valence-electron chi connectivity index (χ0n) is 12.1. The van der Waals surface area contributed by atoms with Gasteiger partial charge in [-0.1, -0.05) is 19.3 Å². The Morgan fingerprint density at radius 3 is 2.75 bits per heavy atom. The Hall–Kier alpha value is -1.71. The van der Waals surface area contributed by atoms with Gasteiger partial charge in [-0.15, -0.1) is 0 Å². The standard InChI is InChI=1S/C16H23NO3/c1-2-19-16(18)14-9-8-13(17)10-15(14)20-11-12-6-4-3-5-7-12/h8-10,12H,2-7,11,17H2,1H3. The van der Waals surface area contributed by atoms with Gasteiger partial charge in [0.05, 0.1) is 13.2 Å². The second kappa shape index (κ2) is 7.17. The number of nitrogen functional groups attached to an aromatic ring is 1. The van der Waals surface area contributed by atoms with Gasteiger partial charge in [-0.3, -0.25) is 0 Å². The lowest BCUT2D eigenvalue weighted by atomic mass is 9.90. The summed E-state index contributed by atoms with van der Waals surface area (Å²) in [5.41, 5.74) is 6.83. The Bertz CT molecular complexity index is 453. The average molecular weight is 277 g/mol. The minimum absolute atomic E-state index is 0.352. The van der Waals surface area contributed by atoms with E-state index in [-0.39, 0.29) is 5.97 Å². The predicted octanol–water partition coefficient (Wildman–Crippen LogP) is 3.40. The molecule has 1 aromatic rings. The van der Waals surface area contributed by atoms with Crippen LogP contribution >= 0.6 is 0 Å². The molecule has 1 aliphatic carbocycles. The van der Waals surface area contributed by atoms with Crippen LogP contribution in [0.5, 0.6) is 5.75 Å². The number of ether oxygens (including phenoxy) is 2. The van der Waals surface area contributed by atoms with Gasteiger partial charge in [0, 0.05) is 11.8 Å². The predicted molar refractivity (Wildman–Crippen MR) is 78.9 cm³/mol. The highest BCUT2D eigenvalue weighted by atomic mass is 16.5. The third-order valence-electron chi connectivity index (χ3n) is 3.70. The van der Waals surface area contributed by atoms with Crippen LogP contribution in [-0.2, 0) is 4.74 Å². The third-order valence-corrected chi connectivity index (χ3v) is 3.70. The summed E-state index contributed by atoms with van der Waals surface area (Å²) in [7, 11) is 0. The summed E-state index contributed by atoms with van der Waals surface area (Å²) < 4.78 is 10.9. The van der Waals surface area contributed by atoms with Crippen LogP contribution in [0.2, 0.25) is 0 Å². The Morgan fingerprint density at radius 2 is 2.05 bits per heavy atom. The number of carbonyl (C=O) groups is 1. The summed E-state index contributed by atoms with van der Waals surface area (Å²) in [5.74, 6) is 0.764. The van der Waals surface area contributed by atoms with Gasteiger partial charge in [-0.2, -0.15) is 0 Å². The van der Waals surface area contributed by atoms with Crippen molar-refractivity contribution >= 4 is 11.7 Å². The highest BCUT2D eigenvalue weighted by molar-refractivity contribution is 5.93. The molecule has 4 nitrogen and oxygen atoms in total. The topological polar surface area (TPSA) is 61.5 Å². The second-order valence-electron chi connectivity index (χ2n) is 5.29. The molecule has 20 heavy (non-hydrogen) atoms. The maximum Gasteiger partial charge on any atom is 0.341 e. The summed E-state index contributed by atoms with van der Waals surface area (Å²) >= 11 is 0. The largest absolute Gasteiger partial charge is 0.492 e. The molecule has 0 saturated heterocycles. The van der Waals surface area contributed by atoms with E-state index in [4.69, 9.17) is 15.2 Å². The lowest BCUT2D eigenvalue weighted by Gasteiger charge is -2.22. The van der Waals surface area contributed by atoms with Gasteiger partial charge in [0.1, 0.15) is 11.3 Å². The van der Waals surface area contributed by atoms with Crippen molar-refractivity contribution in [2.45, 2.75) is 39.0 Å². The summed E-state index contributed by atoms with van der Waals surface area (Å²) in [6.45, 7) is 2.79. The molecule has 0 amide bonds. The molecule has 1 aromatic carbocycles. The quantitative estimate of drug-likeness (QED) is 0.662. The van der Waals surface area contributed by atoms with Crippen molar-refractivity contribution < 1.29 is 14.3 Å². The number of hydrogen-bond acceptors (Lipinski definition) is 4. The highest BCUT2D eigenvalue weighted by Crippen LogP contribution is 2.27. The molecule has 1 aliphatic rings. The first-order valence-corrected chi connectivity index (χ1v) is 7.40. The van der Waals surface area contributed by atoms with Crippen LogP contribution in [0.4, 0.5) is 5.69 Å². The Labute approximate surface area is 120 Å². The SMILES string of the molecule is CCOC(=O)c1ccc(N)cc1OCC1CCCCC1. The number of benzene rings is 1.